The molecule has 5 N–H and O–H groups in total. The number of rotatable bonds is 3. The van der Waals surface area contributed by atoms with Crippen LogP contribution >= 0.6 is 12.2 Å². The summed E-state index contributed by atoms with van der Waals surface area (Å²) in [6, 6.07) is -0.664. The van der Waals surface area contributed by atoms with Gasteiger partial charge in [0.2, 0.25) is 5.91 Å². The highest BCUT2D eigenvalue weighted by atomic mass is 32.1. The average molecular weight is 327 g/mol. The molecule has 0 bridgehead atoms. The van der Waals surface area contributed by atoms with E-state index in [-0.39, 0.29) is 12.5 Å². The molecule has 7 heteroatoms. The van der Waals surface area contributed by atoms with Gasteiger partial charge in [-0.15, -0.1) is 0 Å². The third-order valence-electron chi connectivity index (χ3n) is 5.49. The number of fused-ring (bicyclic) bond motifs is 1. The summed E-state index contributed by atoms with van der Waals surface area (Å²) in [5.41, 5.74) is 5.54. The van der Waals surface area contributed by atoms with Gasteiger partial charge in [0.25, 0.3) is 0 Å². The van der Waals surface area contributed by atoms with Crippen molar-refractivity contribution in [1.29, 1.82) is 0 Å². The molecule has 3 fully saturated rings. The van der Waals surface area contributed by atoms with Crippen LogP contribution in [-0.4, -0.2) is 57.0 Å². The second kappa shape index (κ2) is 6.29. The van der Waals surface area contributed by atoms with Gasteiger partial charge in [-0.3, -0.25) is 4.79 Å². The number of carbonyl (C=O) groups excluding carboxylic acids is 1. The Balaban J connectivity index is 1.80. The van der Waals surface area contributed by atoms with E-state index in [1.807, 2.05) is 4.90 Å². The van der Waals surface area contributed by atoms with Gasteiger partial charge in [0.15, 0.2) is 5.11 Å². The van der Waals surface area contributed by atoms with E-state index >= 15 is 0 Å². The molecule has 6 nitrogen and oxygen atoms in total. The van der Waals surface area contributed by atoms with Gasteiger partial charge < -0.3 is 26.2 Å². The molecule has 2 aliphatic carbocycles. The molecule has 1 saturated heterocycles. The summed E-state index contributed by atoms with van der Waals surface area (Å²) in [6.07, 6.45) is 4.48. The number of aliphatic hydroxyl groups is 2. The number of amides is 1. The molecule has 0 spiro atoms. The van der Waals surface area contributed by atoms with Gasteiger partial charge in [-0.1, -0.05) is 19.3 Å². The van der Waals surface area contributed by atoms with Crippen molar-refractivity contribution in [1.82, 2.24) is 10.2 Å². The number of primary amides is 1. The Morgan fingerprint density at radius 1 is 1.32 bits per heavy atom. The van der Waals surface area contributed by atoms with E-state index in [1.165, 1.54) is 32.1 Å². The fraction of sp³-hybridized carbons (Fsp3) is 0.867. The van der Waals surface area contributed by atoms with Crippen LogP contribution in [0, 0.1) is 11.8 Å². The van der Waals surface area contributed by atoms with E-state index in [2.05, 4.69) is 5.32 Å². The molecule has 3 rings (SSSR count). The molecule has 0 radical (unpaired) electrons. The number of nitrogens with zero attached hydrogens (tertiary/aromatic N) is 1. The predicted molar refractivity (Wildman–Crippen MR) is 85.9 cm³/mol. The quantitative estimate of drug-likeness (QED) is 0.532. The first-order valence-electron chi connectivity index (χ1n) is 8.21. The topological polar surface area (TPSA) is 98.8 Å². The maximum atomic E-state index is 11.8. The van der Waals surface area contributed by atoms with Crippen molar-refractivity contribution in [3.63, 3.8) is 0 Å². The van der Waals surface area contributed by atoms with Crippen molar-refractivity contribution < 1.29 is 15.0 Å². The number of carbonyl (C=O) groups is 1. The van der Waals surface area contributed by atoms with Crippen molar-refractivity contribution in [2.24, 2.45) is 17.6 Å². The number of thiocarbonyl (C=S) groups is 1. The summed E-state index contributed by atoms with van der Waals surface area (Å²) in [7, 11) is 0. The van der Waals surface area contributed by atoms with Gasteiger partial charge in [-0.25, -0.2) is 0 Å². The molecule has 1 amide bonds. The number of nitrogens with two attached hydrogens (primary N) is 1. The lowest BCUT2D eigenvalue weighted by Gasteiger charge is -2.42. The summed E-state index contributed by atoms with van der Waals surface area (Å²) in [5, 5.41) is 23.9. The molecular weight excluding hydrogens is 302 g/mol. The minimum absolute atomic E-state index is 0.198. The van der Waals surface area contributed by atoms with Gasteiger partial charge in [0.05, 0.1) is 24.1 Å². The van der Waals surface area contributed by atoms with Crippen LogP contribution in [0.1, 0.15) is 38.5 Å². The lowest BCUT2D eigenvalue weighted by Crippen LogP contribution is -2.60. The summed E-state index contributed by atoms with van der Waals surface area (Å²) < 4.78 is 0. The summed E-state index contributed by atoms with van der Waals surface area (Å²) in [5.74, 6) is -0.342. The summed E-state index contributed by atoms with van der Waals surface area (Å²) in [6.45, 7) is 0.805. The highest BCUT2D eigenvalue weighted by Crippen LogP contribution is 2.35. The van der Waals surface area contributed by atoms with Crippen molar-refractivity contribution >= 4 is 23.2 Å². The van der Waals surface area contributed by atoms with Gasteiger partial charge in [-0.2, -0.15) is 0 Å². The first kappa shape index (κ1) is 16.0. The van der Waals surface area contributed by atoms with Gasteiger partial charge in [0.1, 0.15) is 6.10 Å². The third kappa shape index (κ3) is 2.81. The molecule has 0 aromatic heterocycles. The Bertz CT molecular complexity index is 455. The Hall–Kier alpha value is -0.920. The molecule has 0 aromatic carbocycles. The molecule has 22 heavy (non-hydrogen) atoms. The fourth-order valence-electron chi connectivity index (χ4n) is 4.31. The van der Waals surface area contributed by atoms with Crippen LogP contribution in [0.15, 0.2) is 0 Å². The van der Waals surface area contributed by atoms with Crippen LogP contribution in [0.4, 0.5) is 0 Å². The van der Waals surface area contributed by atoms with Crippen LogP contribution in [0.3, 0.4) is 0 Å². The predicted octanol–water partition coefficient (Wildman–Crippen LogP) is -0.279. The first-order chi connectivity index (χ1) is 10.5. The highest BCUT2D eigenvalue weighted by molar-refractivity contribution is 7.80. The Labute approximate surface area is 136 Å². The lowest BCUT2D eigenvalue weighted by molar-refractivity contribution is -0.130. The zero-order valence-corrected chi connectivity index (χ0v) is 13.5. The molecule has 1 aliphatic heterocycles. The van der Waals surface area contributed by atoms with Crippen LogP contribution in [-0.2, 0) is 4.79 Å². The summed E-state index contributed by atoms with van der Waals surface area (Å²) in [4.78, 5) is 13.9. The molecule has 3 aliphatic rings. The van der Waals surface area contributed by atoms with Gasteiger partial charge >= 0.3 is 0 Å². The van der Waals surface area contributed by atoms with E-state index in [1.54, 1.807) is 0 Å². The molecule has 5 unspecified atom stereocenters. The highest BCUT2D eigenvalue weighted by Gasteiger charge is 2.53. The van der Waals surface area contributed by atoms with Crippen LogP contribution < -0.4 is 11.1 Å². The van der Waals surface area contributed by atoms with E-state index < -0.39 is 30.1 Å². The van der Waals surface area contributed by atoms with Crippen molar-refractivity contribution in [2.75, 3.05) is 6.54 Å². The zero-order valence-electron chi connectivity index (χ0n) is 12.6. The van der Waals surface area contributed by atoms with Gasteiger partial charge in [0, 0.05) is 6.54 Å². The molecule has 0 aromatic rings. The maximum Gasteiger partial charge on any atom is 0.222 e. The fourth-order valence-corrected chi connectivity index (χ4v) is 4.64. The summed E-state index contributed by atoms with van der Waals surface area (Å²) >= 11 is 5.42. The minimum atomic E-state index is -0.941. The number of hydrogen-bond donors (Lipinski definition) is 4. The Morgan fingerprint density at radius 2 is 2.00 bits per heavy atom. The van der Waals surface area contributed by atoms with E-state index in [0.717, 1.165) is 6.54 Å². The Morgan fingerprint density at radius 3 is 2.64 bits per heavy atom. The zero-order chi connectivity index (χ0) is 15.9. The number of hydrogen-bond acceptors (Lipinski definition) is 4. The van der Waals surface area contributed by atoms with Crippen molar-refractivity contribution in [3.8, 4) is 0 Å². The molecule has 2 saturated carbocycles. The first-order valence-corrected chi connectivity index (χ1v) is 8.62. The maximum absolute atomic E-state index is 11.8. The van der Waals surface area contributed by atoms with E-state index in [4.69, 9.17) is 18.0 Å². The minimum Gasteiger partial charge on any atom is -0.390 e. The average Bonchev–Trinajstić information content (AvgIpc) is 2.81. The SMILES string of the molecule is NC(=O)C1CC(O)C(O)C2NC(=S)N(CC3CCCCC3)C12. The smallest absolute Gasteiger partial charge is 0.222 e. The molecule has 5 atom stereocenters. The molecular formula is C15H25N3O3S. The van der Waals surface area contributed by atoms with Crippen molar-refractivity contribution in [3.05, 3.63) is 0 Å². The Kier molecular flexibility index (Phi) is 4.56. The second-order valence-electron chi connectivity index (χ2n) is 6.92. The lowest BCUT2D eigenvalue weighted by atomic mass is 9.77. The third-order valence-corrected chi connectivity index (χ3v) is 5.85. The van der Waals surface area contributed by atoms with Crippen LogP contribution in [0.25, 0.3) is 0 Å². The number of nitrogens with one attached hydrogen (secondary N) is 1. The van der Waals surface area contributed by atoms with E-state index in [0.29, 0.717) is 11.0 Å². The second-order valence-corrected chi connectivity index (χ2v) is 7.31. The molecule has 1 heterocycles. The van der Waals surface area contributed by atoms with E-state index in [9.17, 15) is 15.0 Å². The van der Waals surface area contributed by atoms with Crippen LogP contribution in [0.2, 0.25) is 0 Å². The van der Waals surface area contributed by atoms with Crippen LogP contribution in [0.5, 0.6) is 0 Å². The molecule has 124 valence electrons. The monoisotopic (exact) mass is 327 g/mol. The number of aliphatic hydroxyl groups excluding tert-OH is 2. The van der Waals surface area contributed by atoms with Crippen molar-refractivity contribution in [2.45, 2.75) is 62.8 Å². The largest absolute Gasteiger partial charge is 0.390 e. The normalized spacial score (nSPS) is 39.5. The standard InChI is InChI=1S/C15H25N3O3S/c16-14(21)9-6-10(19)13(20)11-12(9)18(15(22)17-11)7-8-4-2-1-3-5-8/h8-13,19-20H,1-7H2,(H2,16,21)(H,17,22). The van der Waals surface area contributed by atoms with Gasteiger partial charge in [-0.05, 0) is 37.4 Å².